The number of carbonyl (C=O) groups excluding carboxylic acids is 1. The van der Waals surface area contributed by atoms with Gasteiger partial charge in [-0.15, -0.1) is 10.2 Å². The maximum absolute atomic E-state index is 11.9. The van der Waals surface area contributed by atoms with Crippen LogP contribution in [0.5, 0.6) is 5.75 Å². The van der Waals surface area contributed by atoms with Crippen molar-refractivity contribution >= 4 is 11.7 Å². The molecule has 0 saturated carbocycles. The van der Waals surface area contributed by atoms with E-state index in [9.17, 15) is 4.79 Å². The molecule has 0 fully saturated rings. The van der Waals surface area contributed by atoms with Gasteiger partial charge in [0.1, 0.15) is 17.4 Å². The number of urea groups is 1. The zero-order chi connectivity index (χ0) is 16.8. The largest absolute Gasteiger partial charge is 0.497 e. The van der Waals surface area contributed by atoms with Gasteiger partial charge in [-0.2, -0.15) is 0 Å². The van der Waals surface area contributed by atoms with Gasteiger partial charge in [0, 0.05) is 31.6 Å². The Bertz CT molecular complexity index is 681. The van der Waals surface area contributed by atoms with Gasteiger partial charge in [-0.05, 0) is 37.1 Å². The van der Waals surface area contributed by atoms with Crippen LogP contribution in [-0.2, 0) is 19.4 Å². The minimum absolute atomic E-state index is 0.226. The predicted molar refractivity (Wildman–Crippen MR) is 91.3 cm³/mol. The van der Waals surface area contributed by atoms with E-state index in [4.69, 9.17) is 4.74 Å². The molecule has 1 aliphatic heterocycles. The van der Waals surface area contributed by atoms with Crippen LogP contribution in [0.2, 0.25) is 0 Å². The van der Waals surface area contributed by atoms with Gasteiger partial charge in [0.2, 0.25) is 0 Å². The second-order valence-corrected chi connectivity index (χ2v) is 5.85. The van der Waals surface area contributed by atoms with Crippen molar-refractivity contribution in [3.8, 4) is 5.75 Å². The minimum atomic E-state index is -0.226. The topological polar surface area (TPSA) is 81.1 Å². The van der Waals surface area contributed by atoms with E-state index in [-0.39, 0.29) is 6.03 Å². The highest BCUT2D eigenvalue weighted by Crippen LogP contribution is 2.15. The number of nitrogens with one attached hydrogen (secondary N) is 2. The highest BCUT2D eigenvalue weighted by molar-refractivity contribution is 5.89. The smallest absolute Gasteiger partial charge is 0.319 e. The van der Waals surface area contributed by atoms with Crippen LogP contribution in [0.15, 0.2) is 24.3 Å². The first-order valence-electron chi connectivity index (χ1n) is 8.36. The Balaban J connectivity index is 1.47. The number of aryl methyl sites for hydroxylation is 1. The van der Waals surface area contributed by atoms with E-state index in [0.29, 0.717) is 13.0 Å². The van der Waals surface area contributed by atoms with Crippen molar-refractivity contribution in [3.05, 3.63) is 35.9 Å². The first-order chi connectivity index (χ1) is 11.8. The van der Waals surface area contributed by atoms with Crippen LogP contribution in [-0.4, -0.2) is 34.5 Å². The van der Waals surface area contributed by atoms with Gasteiger partial charge in [0.05, 0.1) is 7.11 Å². The van der Waals surface area contributed by atoms with Crippen LogP contribution in [0.1, 0.15) is 30.9 Å². The third-order valence-electron chi connectivity index (χ3n) is 4.17. The number of ether oxygens (including phenoxy) is 1. The second-order valence-electron chi connectivity index (χ2n) is 5.85. The number of anilines is 1. The van der Waals surface area contributed by atoms with E-state index >= 15 is 0 Å². The third kappa shape index (κ3) is 4.04. The van der Waals surface area contributed by atoms with Crippen molar-refractivity contribution in [2.24, 2.45) is 0 Å². The van der Waals surface area contributed by atoms with Crippen molar-refractivity contribution in [1.29, 1.82) is 0 Å². The summed E-state index contributed by atoms with van der Waals surface area (Å²) in [5.41, 5.74) is 0.727. The Labute approximate surface area is 141 Å². The van der Waals surface area contributed by atoms with E-state index in [1.54, 1.807) is 31.4 Å². The van der Waals surface area contributed by atoms with Crippen LogP contribution >= 0.6 is 0 Å². The summed E-state index contributed by atoms with van der Waals surface area (Å²) in [6, 6.07) is 6.99. The summed E-state index contributed by atoms with van der Waals surface area (Å²) in [6.07, 6.45) is 5.27. The number of carbonyl (C=O) groups is 1. The number of benzene rings is 1. The summed E-state index contributed by atoms with van der Waals surface area (Å²) >= 11 is 0. The minimum Gasteiger partial charge on any atom is -0.497 e. The number of hydrogen-bond acceptors (Lipinski definition) is 4. The lowest BCUT2D eigenvalue weighted by Crippen LogP contribution is -2.31. The zero-order valence-electron chi connectivity index (χ0n) is 13.9. The Morgan fingerprint density at radius 2 is 2.04 bits per heavy atom. The molecule has 0 aliphatic carbocycles. The van der Waals surface area contributed by atoms with Crippen LogP contribution in [0, 0.1) is 0 Å². The molecular weight excluding hydrogens is 306 g/mol. The van der Waals surface area contributed by atoms with Gasteiger partial charge in [0.25, 0.3) is 0 Å². The molecule has 24 heavy (non-hydrogen) atoms. The summed E-state index contributed by atoms with van der Waals surface area (Å²) in [5.74, 6) is 2.79. The van der Waals surface area contributed by atoms with Crippen molar-refractivity contribution in [3.63, 3.8) is 0 Å². The molecule has 7 heteroatoms. The first-order valence-corrected chi connectivity index (χ1v) is 8.36. The monoisotopic (exact) mass is 329 g/mol. The number of methoxy groups -OCH3 is 1. The molecule has 1 aromatic heterocycles. The standard InChI is InChI=1S/C17H23N5O2/c1-24-14-8-6-13(7-9-14)19-17(23)18-11-10-16-21-20-15-5-3-2-4-12-22(15)16/h6-9H,2-5,10-12H2,1H3,(H2,18,19,23). The van der Waals surface area contributed by atoms with Gasteiger partial charge in [-0.25, -0.2) is 4.79 Å². The van der Waals surface area contributed by atoms with Crippen molar-refractivity contribution in [2.45, 2.75) is 38.6 Å². The summed E-state index contributed by atoms with van der Waals surface area (Å²) in [6.45, 7) is 1.51. The van der Waals surface area contributed by atoms with E-state index in [0.717, 1.165) is 36.1 Å². The average Bonchev–Trinajstić information content (AvgIpc) is 2.82. The molecule has 3 rings (SSSR count). The SMILES string of the molecule is COc1ccc(NC(=O)NCCc2nnc3n2CCCCC3)cc1. The number of amides is 2. The lowest BCUT2D eigenvalue weighted by atomic mass is 10.2. The van der Waals surface area contributed by atoms with Gasteiger partial charge in [0.15, 0.2) is 0 Å². The molecule has 0 radical (unpaired) electrons. The molecule has 0 saturated heterocycles. The number of hydrogen-bond donors (Lipinski definition) is 2. The molecule has 2 amide bonds. The fourth-order valence-corrected chi connectivity index (χ4v) is 2.87. The highest BCUT2D eigenvalue weighted by Gasteiger charge is 2.14. The van der Waals surface area contributed by atoms with Gasteiger partial charge in [-0.1, -0.05) is 6.42 Å². The third-order valence-corrected chi connectivity index (χ3v) is 4.17. The second kappa shape index (κ2) is 7.81. The molecule has 0 atom stereocenters. The van der Waals surface area contributed by atoms with Crippen molar-refractivity contribution < 1.29 is 9.53 Å². The van der Waals surface area contributed by atoms with Gasteiger partial charge >= 0.3 is 6.03 Å². The number of aromatic nitrogens is 3. The number of rotatable bonds is 5. The molecule has 0 spiro atoms. The Hall–Kier alpha value is -2.57. The highest BCUT2D eigenvalue weighted by atomic mass is 16.5. The Kier molecular flexibility index (Phi) is 5.30. The zero-order valence-corrected chi connectivity index (χ0v) is 13.9. The molecule has 1 aromatic carbocycles. The molecule has 2 N–H and O–H groups in total. The van der Waals surface area contributed by atoms with E-state index in [1.165, 1.54) is 19.3 Å². The Morgan fingerprint density at radius 3 is 2.83 bits per heavy atom. The summed E-state index contributed by atoms with van der Waals surface area (Å²) < 4.78 is 7.30. The van der Waals surface area contributed by atoms with E-state index in [1.807, 2.05) is 0 Å². The van der Waals surface area contributed by atoms with Crippen LogP contribution < -0.4 is 15.4 Å². The maximum atomic E-state index is 11.9. The van der Waals surface area contributed by atoms with Gasteiger partial charge < -0.3 is 19.9 Å². The Morgan fingerprint density at radius 1 is 1.21 bits per heavy atom. The molecule has 0 unspecified atom stereocenters. The molecular formula is C17H23N5O2. The molecule has 2 aromatic rings. The van der Waals surface area contributed by atoms with Crippen LogP contribution in [0.3, 0.4) is 0 Å². The molecule has 0 bridgehead atoms. The lowest BCUT2D eigenvalue weighted by molar-refractivity contribution is 0.252. The normalized spacial score (nSPS) is 13.7. The molecule has 1 aliphatic rings. The van der Waals surface area contributed by atoms with Crippen molar-refractivity contribution in [1.82, 2.24) is 20.1 Å². The number of nitrogens with zero attached hydrogens (tertiary/aromatic N) is 3. The molecule has 128 valence electrons. The van der Waals surface area contributed by atoms with Crippen LogP contribution in [0.25, 0.3) is 0 Å². The fraction of sp³-hybridized carbons (Fsp3) is 0.471. The van der Waals surface area contributed by atoms with Crippen LogP contribution in [0.4, 0.5) is 10.5 Å². The van der Waals surface area contributed by atoms with Crippen molar-refractivity contribution in [2.75, 3.05) is 19.0 Å². The average molecular weight is 329 g/mol. The quantitative estimate of drug-likeness (QED) is 0.882. The first kappa shape index (κ1) is 16.3. The summed E-state index contributed by atoms with van der Waals surface area (Å²) in [4.78, 5) is 11.9. The predicted octanol–water partition coefficient (Wildman–Crippen LogP) is 2.38. The molecule has 7 nitrogen and oxygen atoms in total. The number of fused-ring (bicyclic) bond motifs is 1. The summed E-state index contributed by atoms with van der Waals surface area (Å²) in [7, 11) is 1.61. The summed E-state index contributed by atoms with van der Waals surface area (Å²) in [5, 5.41) is 14.2. The van der Waals surface area contributed by atoms with E-state index < -0.39 is 0 Å². The maximum Gasteiger partial charge on any atom is 0.319 e. The van der Waals surface area contributed by atoms with Gasteiger partial charge in [-0.3, -0.25) is 0 Å². The molecule has 2 heterocycles. The fourth-order valence-electron chi connectivity index (χ4n) is 2.87. The van der Waals surface area contributed by atoms with E-state index in [2.05, 4.69) is 25.4 Å². The lowest BCUT2D eigenvalue weighted by Gasteiger charge is -2.09.